The summed E-state index contributed by atoms with van der Waals surface area (Å²) in [6, 6.07) is 13.0. The number of hydrogen-bond acceptors (Lipinski definition) is 3. The van der Waals surface area contributed by atoms with Crippen LogP contribution in [0.1, 0.15) is 16.5 Å². The summed E-state index contributed by atoms with van der Waals surface area (Å²) < 4.78 is 36.2. The number of carbonyl (C=O) groups is 1. The number of alkyl halides is 3. The van der Waals surface area contributed by atoms with Crippen LogP contribution in [0.3, 0.4) is 0 Å². The second kappa shape index (κ2) is 7.42. The maximum Gasteiger partial charge on any atom is 0.405 e. The smallest absolute Gasteiger partial charge is 0.346 e. The molecule has 0 unspecified atom stereocenters. The third-order valence-electron chi connectivity index (χ3n) is 2.91. The molecule has 1 heterocycles. The van der Waals surface area contributed by atoms with E-state index in [4.69, 9.17) is 0 Å². The van der Waals surface area contributed by atoms with Crippen LogP contribution >= 0.6 is 11.3 Å². The summed E-state index contributed by atoms with van der Waals surface area (Å²) >= 11 is 1.52. The van der Waals surface area contributed by atoms with Gasteiger partial charge in [0.15, 0.2) is 0 Å². The van der Waals surface area contributed by atoms with Gasteiger partial charge in [0.1, 0.15) is 6.54 Å². The van der Waals surface area contributed by atoms with E-state index in [0.717, 1.165) is 10.4 Å². The van der Waals surface area contributed by atoms with Crippen molar-refractivity contribution in [2.75, 3.05) is 13.1 Å². The molecule has 2 rings (SSSR count). The maximum atomic E-state index is 12.1. The first-order chi connectivity index (χ1) is 10.5. The summed E-state index contributed by atoms with van der Waals surface area (Å²) in [6.45, 7) is -1.50. The standard InChI is InChI=1S/C15H15F3N2OS/c16-15(17,18)10-20-13(21)9-19-14(12-7-4-8-22-12)11-5-2-1-3-6-11/h1-8,14,19H,9-10H2,(H,20,21)/t14-/m0/s1. The molecular weight excluding hydrogens is 313 g/mol. The van der Waals surface area contributed by atoms with Crippen molar-refractivity contribution in [1.82, 2.24) is 10.6 Å². The van der Waals surface area contributed by atoms with Crippen molar-refractivity contribution in [3.63, 3.8) is 0 Å². The highest BCUT2D eigenvalue weighted by Gasteiger charge is 2.27. The first-order valence-electron chi connectivity index (χ1n) is 6.61. The highest BCUT2D eigenvalue weighted by Crippen LogP contribution is 2.25. The Bertz CT molecular complexity index is 585. The Morgan fingerprint density at radius 2 is 1.86 bits per heavy atom. The quantitative estimate of drug-likeness (QED) is 0.855. The molecule has 0 saturated heterocycles. The first-order valence-corrected chi connectivity index (χ1v) is 7.49. The SMILES string of the molecule is O=C(CN[C@@H](c1ccccc1)c1cccs1)NCC(F)(F)F. The third-order valence-corrected chi connectivity index (χ3v) is 3.85. The van der Waals surface area contributed by atoms with E-state index in [-0.39, 0.29) is 12.6 Å². The number of thiophene rings is 1. The Morgan fingerprint density at radius 1 is 1.14 bits per heavy atom. The van der Waals surface area contributed by atoms with Crippen molar-refractivity contribution < 1.29 is 18.0 Å². The zero-order valence-electron chi connectivity index (χ0n) is 11.6. The number of carbonyl (C=O) groups excluding carboxylic acids is 1. The maximum absolute atomic E-state index is 12.1. The van der Waals surface area contributed by atoms with E-state index in [1.165, 1.54) is 11.3 Å². The van der Waals surface area contributed by atoms with Gasteiger partial charge in [0.05, 0.1) is 12.6 Å². The number of benzene rings is 1. The van der Waals surface area contributed by atoms with Crippen molar-refractivity contribution in [3.8, 4) is 0 Å². The second-order valence-corrected chi connectivity index (χ2v) is 5.61. The average Bonchev–Trinajstić information content (AvgIpc) is 3.00. The van der Waals surface area contributed by atoms with Gasteiger partial charge in [-0.15, -0.1) is 11.3 Å². The van der Waals surface area contributed by atoms with Gasteiger partial charge in [-0.05, 0) is 17.0 Å². The molecule has 0 radical (unpaired) electrons. The van der Waals surface area contributed by atoms with Crippen molar-refractivity contribution in [2.24, 2.45) is 0 Å². The van der Waals surface area contributed by atoms with Crippen LogP contribution in [0.4, 0.5) is 13.2 Å². The fourth-order valence-electron chi connectivity index (χ4n) is 1.94. The van der Waals surface area contributed by atoms with Gasteiger partial charge in [0, 0.05) is 4.88 Å². The Kier molecular flexibility index (Phi) is 5.57. The lowest BCUT2D eigenvalue weighted by molar-refractivity contribution is -0.137. The molecule has 3 nitrogen and oxygen atoms in total. The molecule has 118 valence electrons. The monoisotopic (exact) mass is 328 g/mol. The van der Waals surface area contributed by atoms with Gasteiger partial charge in [-0.1, -0.05) is 36.4 Å². The van der Waals surface area contributed by atoms with E-state index in [0.29, 0.717) is 0 Å². The van der Waals surface area contributed by atoms with Crippen LogP contribution in [0.15, 0.2) is 47.8 Å². The van der Waals surface area contributed by atoms with Crippen LogP contribution in [0.25, 0.3) is 0 Å². The molecule has 22 heavy (non-hydrogen) atoms. The lowest BCUT2D eigenvalue weighted by atomic mass is 10.1. The van der Waals surface area contributed by atoms with E-state index in [2.05, 4.69) is 5.32 Å². The molecule has 1 atom stereocenters. The van der Waals surface area contributed by atoms with E-state index >= 15 is 0 Å². The molecule has 1 aromatic heterocycles. The average molecular weight is 328 g/mol. The highest BCUT2D eigenvalue weighted by atomic mass is 32.1. The lowest BCUT2D eigenvalue weighted by Crippen LogP contribution is -2.40. The van der Waals surface area contributed by atoms with Crippen molar-refractivity contribution in [1.29, 1.82) is 0 Å². The molecular formula is C15H15F3N2OS. The Morgan fingerprint density at radius 3 is 2.45 bits per heavy atom. The molecule has 1 aromatic carbocycles. The zero-order valence-corrected chi connectivity index (χ0v) is 12.4. The molecule has 1 amide bonds. The van der Waals surface area contributed by atoms with Gasteiger partial charge in [-0.2, -0.15) is 13.2 Å². The summed E-state index contributed by atoms with van der Waals surface area (Å²) in [7, 11) is 0. The first kappa shape index (κ1) is 16.5. The van der Waals surface area contributed by atoms with Gasteiger partial charge in [0.2, 0.25) is 5.91 Å². The van der Waals surface area contributed by atoms with Crippen LogP contribution in [-0.2, 0) is 4.79 Å². The summed E-state index contributed by atoms with van der Waals surface area (Å²) in [6.07, 6.45) is -4.40. The Hall–Kier alpha value is -1.86. The number of amides is 1. The molecule has 0 saturated carbocycles. The van der Waals surface area contributed by atoms with Crippen LogP contribution < -0.4 is 10.6 Å². The largest absolute Gasteiger partial charge is 0.405 e. The predicted octanol–water partition coefficient (Wildman–Crippen LogP) is 3.11. The molecule has 0 aliphatic carbocycles. The lowest BCUT2D eigenvalue weighted by Gasteiger charge is -2.18. The topological polar surface area (TPSA) is 41.1 Å². The van der Waals surface area contributed by atoms with Crippen LogP contribution in [0.5, 0.6) is 0 Å². The summed E-state index contributed by atoms with van der Waals surface area (Å²) in [5, 5.41) is 6.77. The molecule has 7 heteroatoms. The van der Waals surface area contributed by atoms with Crippen LogP contribution in [0, 0.1) is 0 Å². The zero-order chi connectivity index (χ0) is 16.0. The molecule has 0 aliphatic heterocycles. The van der Waals surface area contributed by atoms with E-state index in [1.807, 2.05) is 53.2 Å². The second-order valence-electron chi connectivity index (χ2n) is 4.63. The fourth-order valence-corrected chi connectivity index (χ4v) is 2.77. The normalized spacial score (nSPS) is 12.9. The minimum Gasteiger partial charge on any atom is -0.346 e. The minimum absolute atomic E-state index is 0.187. The molecule has 0 spiro atoms. The van der Waals surface area contributed by atoms with Gasteiger partial charge in [0.25, 0.3) is 0 Å². The number of halogens is 3. The van der Waals surface area contributed by atoms with Crippen molar-refractivity contribution in [3.05, 3.63) is 58.3 Å². The van der Waals surface area contributed by atoms with Crippen LogP contribution in [-0.4, -0.2) is 25.2 Å². The summed E-state index contributed by atoms with van der Waals surface area (Å²) in [4.78, 5) is 12.5. The number of hydrogen-bond donors (Lipinski definition) is 2. The van der Waals surface area contributed by atoms with Crippen molar-refractivity contribution in [2.45, 2.75) is 12.2 Å². The molecule has 0 fully saturated rings. The van der Waals surface area contributed by atoms with E-state index in [1.54, 1.807) is 0 Å². The Balaban J connectivity index is 1.98. The van der Waals surface area contributed by atoms with Crippen LogP contribution in [0.2, 0.25) is 0 Å². The molecule has 2 N–H and O–H groups in total. The summed E-state index contributed by atoms with van der Waals surface area (Å²) in [5.41, 5.74) is 0.952. The third kappa shape index (κ3) is 5.16. The van der Waals surface area contributed by atoms with E-state index in [9.17, 15) is 18.0 Å². The molecule has 2 aromatic rings. The van der Waals surface area contributed by atoms with Gasteiger partial charge in [-0.3, -0.25) is 10.1 Å². The minimum atomic E-state index is -4.40. The molecule has 0 bridgehead atoms. The summed E-state index contributed by atoms with van der Waals surface area (Å²) in [5.74, 6) is -0.685. The van der Waals surface area contributed by atoms with E-state index < -0.39 is 18.6 Å². The fraction of sp³-hybridized carbons (Fsp3) is 0.267. The predicted molar refractivity (Wildman–Crippen MR) is 79.7 cm³/mol. The van der Waals surface area contributed by atoms with Gasteiger partial charge < -0.3 is 5.32 Å². The molecule has 0 aliphatic rings. The van der Waals surface area contributed by atoms with Crippen molar-refractivity contribution >= 4 is 17.2 Å². The number of rotatable bonds is 6. The highest BCUT2D eigenvalue weighted by molar-refractivity contribution is 7.10. The van der Waals surface area contributed by atoms with Gasteiger partial charge in [-0.25, -0.2) is 0 Å². The van der Waals surface area contributed by atoms with Gasteiger partial charge >= 0.3 is 6.18 Å². The number of nitrogens with one attached hydrogen (secondary N) is 2. The Labute approximate surface area is 130 Å².